The Hall–Kier alpha value is -6.98. The van der Waals surface area contributed by atoms with Crippen molar-refractivity contribution in [1.82, 2.24) is 0 Å². The fraction of sp³-hybridized carbons (Fsp3) is 0.297. The predicted octanol–water partition coefficient (Wildman–Crippen LogP) is 3.22. The van der Waals surface area contributed by atoms with E-state index in [4.69, 9.17) is 37.9 Å². The molecule has 1 aromatic carbocycles. The number of nitrogens with zero attached hydrogens (tertiary/aromatic N) is 1. The minimum atomic E-state index is -2.02. The Morgan fingerprint density at radius 1 is 0.582 bits per heavy atom. The second-order valence-corrected chi connectivity index (χ2v) is 11.1. The summed E-state index contributed by atoms with van der Waals surface area (Å²) < 4.78 is 41.6. The lowest BCUT2D eigenvalue weighted by Gasteiger charge is -2.41. The van der Waals surface area contributed by atoms with E-state index in [1.165, 1.54) is 18.2 Å². The summed E-state index contributed by atoms with van der Waals surface area (Å²) in [6.07, 6.45) is 2.75. The first-order chi connectivity index (χ1) is 26.1. The normalized spacial score (nSPS) is 10.4. The van der Waals surface area contributed by atoms with Crippen LogP contribution in [0.1, 0.15) is 5.56 Å². The van der Waals surface area contributed by atoms with Crippen molar-refractivity contribution in [3.63, 3.8) is 0 Å². The first-order valence-electron chi connectivity index (χ1n) is 15.8. The number of methoxy groups -OCH3 is 1. The van der Waals surface area contributed by atoms with Crippen LogP contribution in [0.3, 0.4) is 0 Å². The van der Waals surface area contributed by atoms with Gasteiger partial charge in [0, 0.05) is 42.1 Å². The highest BCUT2D eigenvalue weighted by Crippen LogP contribution is 2.32. The number of rotatable bonds is 23. The summed E-state index contributed by atoms with van der Waals surface area (Å²) in [6.45, 7) is 16.8. The molecule has 296 valence electrons. The standard InChI is InChI=1S/C37H42N2O16/c1-9-28(40)49-18-36(19-50-29(41)10-2,20-51-30(42)11-3)21-55-34(46)38-27-17-26(16-15-25(27)7)39(35(47)48-8)37(22-52-31(43)12-4,23-53-32(44)13-5)24-54-33(45)14-6/h9-17H,1-6,18-24H2,7-8H3,(H,38,46). The minimum Gasteiger partial charge on any atom is -0.462 e. The molecule has 0 aliphatic carbocycles. The zero-order valence-corrected chi connectivity index (χ0v) is 30.4. The molecule has 1 N–H and O–H groups in total. The van der Waals surface area contributed by atoms with Crippen LogP contribution < -0.4 is 10.2 Å². The first-order valence-corrected chi connectivity index (χ1v) is 15.8. The summed E-state index contributed by atoms with van der Waals surface area (Å²) >= 11 is 0. The maximum atomic E-state index is 13.5. The smallest absolute Gasteiger partial charge is 0.414 e. The molecular formula is C37H42N2O16. The third-order valence-electron chi connectivity index (χ3n) is 7.07. The van der Waals surface area contributed by atoms with Gasteiger partial charge in [0.1, 0.15) is 51.7 Å². The Morgan fingerprint density at radius 2 is 0.927 bits per heavy atom. The molecule has 55 heavy (non-hydrogen) atoms. The van der Waals surface area contributed by atoms with Crippen molar-refractivity contribution in [2.75, 3.05) is 63.6 Å². The molecule has 0 bridgehead atoms. The van der Waals surface area contributed by atoms with Crippen LogP contribution in [-0.2, 0) is 66.7 Å². The number of anilines is 2. The number of hydrogen-bond acceptors (Lipinski definition) is 16. The van der Waals surface area contributed by atoms with Gasteiger partial charge < -0.3 is 37.9 Å². The van der Waals surface area contributed by atoms with Crippen LogP contribution in [0.5, 0.6) is 0 Å². The number of nitrogens with one attached hydrogen (secondary N) is 1. The minimum absolute atomic E-state index is 0.0133. The zero-order chi connectivity index (χ0) is 41.6. The molecule has 0 fully saturated rings. The van der Waals surface area contributed by atoms with E-state index in [-0.39, 0.29) is 11.4 Å². The van der Waals surface area contributed by atoms with Crippen LogP contribution in [0.25, 0.3) is 0 Å². The zero-order valence-electron chi connectivity index (χ0n) is 30.4. The average Bonchev–Trinajstić information content (AvgIpc) is 3.20. The Kier molecular flexibility index (Phi) is 19.1. The third kappa shape index (κ3) is 14.9. The highest BCUT2D eigenvalue weighted by atomic mass is 16.6. The van der Waals surface area contributed by atoms with Gasteiger partial charge in [-0.1, -0.05) is 45.5 Å². The van der Waals surface area contributed by atoms with Crippen LogP contribution >= 0.6 is 0 Å². The van der Waals surface area contributed by atoms with Crippen LogP contribution in [-0.4, -0.2) is 107 Å². The van der Waals surface area contributed by atoms with Crippen molar-refractivity contribution in [2.24, 2.45) is 5.41 Å². The van der Waals surface area contributed by atoms with Gasteiger partial charge in [-0.05, 0) is 24.6 Å². The number of carbonyl (C=O) groups is 8. The lowest BCUT2D eigenvalue weighted by atomic mass is 9.92. The topological polar surface area (TPSA) is 226 Å². The van der Waals surface area contributed by atoms with Crippen LogP contribution in [0.15, 0.2) is 94.1 Å². The third-order valence-corrected chi connectivity index (χ3v) is 7.07. The molecule has 0 saturated heterocycles. The quantitative estimate of drug-likeness (QED) is 0.0958. The molecule has 18 heteroatoms. The summed E-state index contributed by atoms with van der Waals surface area (Å²) in [6, 6.07) is 4.10. The highest BCUT2D eigenvalue weighted by Gasteiger charge is 2.46. The number of esters is 6. The molecule has 0 heterocycles. The van der Waals surface area contributed by atoms with Gasteiger partial charge >= 0.3 is 48.0 Å². The molecule has 0 aliphatic rings. The van der Waals surface area contributed by atoms with Crippen LogP contribution in [0.4, 0.5) is 21.0 Å². The number of hydrogen-bond donors (Lipinski definition) is 1. The monoisotopic (exact) mass is 770 g/mol. The Labute approximate surface area is 316 Å². The van der Waals surface area contributed by atoms with Gasteiger partial charge in [0.25, 0.3) is 0 Å². The van der Waals surface area contributed by atoms with Crippen molar-refractivity contribution in [2.45, 2.75) is 12.5 Å². The lowest BCUT2D eigenvalue weighted by Crippen LogP contribution is -2.62. The second kappa shape index (κ2) is 22.8. The number of benzene rings is 1. The molecule has 1 rings (SSSR count). The number of amides is 2. The van der Waals surface area contributed by atoms with Crippen molar-refractivity contribution >= 4 is 59.4 Å². The predicted molar refractivity (Wildman–Crippen MR) is 193 cm³/mol. The van der Waals surface area contributed by atoms with Crippen molar-refractivity contribution < 1.29 is 76.3 Å². The molecule has 0 aliphatic heterocycles. The second-order valence-electron chi connectivity index (χ2n) is 11.1. The van der Waals surface area contributed by atoms with Crippen LogP contribution in [0, 0.1) is 12.3 Å². The van der Waals surface area contributed by atoms with E-state index in [1.54, 1.807) is 6.92 Å². The van der Waals surface area contributed by atoms with E-state index in [0.29, 0.717) is 5.56 Å². The molecule has 0 radical (unpaired) electrons. The molecule has 0 saturated carbocycles. The highest BCUT2D eigenvalue weighted by molar-refractivity contribution is 5.93. The lowest BCUT2D eigenvalue weighted by molar-refractivity contribution is -0.159. The summed E-state index contributed by atoms with van der Waals surface area (Å²) in [5.74, 6) is -5.55. The van der Waals surface area contributed by atoms with E-state index in [9.17, 15) is 38.4 Å². The Morgan fingerprint density at radius 3 is 1.27 bits per heavy atom. The summed E-state index contributed by atoms with van der Waals surface area (Å²) in [5, 5.41) is 2.49. The molecule has 2 amide bonds. The average molecular weight is 771 g/mol. The fourth-order valence-corrected chi connectivity index (χ4v) is 4.12. The molecule has 1 aromatic rings. The van der Waals surface area contributed by atoms with Gasteiger partial charge in [-0.25, -0.2) is 38.4 Å². The van der Waals surface area contributed by atoms with Gasteiger partial charge in [-0.3, -0.25) is 10.2 Å². The van der Waals surface area contributed by atoms with Gasteiger partial charge in [-0.15, -0.1) is 0 Å². The maximum Gasteiger partial charge on any atom is 0.414 e. The molecule has 18 nitrogen and oxygen atoms in total. The van der Waals surface area contributed by atoms with Crippen LogP contribution in [0.2, 0.25) is 0 Å². The SMILES string of the molecule is C=CC(=O)OCC(COC(=O)C=C)(COC(=O)C=C)COC(=O)Nc1cc(N(C(=O)OC)C(COC(=O)C=C)(COC(=O)C=C)COC(=O)C=C)ccc1C. The van der Waals surface area contributed by atoms with E-state index in [2.05, 4.69) is 44.8 Å². The van der Waals surface area contributed by atoms with E-state index >= 15 is 0 Å². The summed E-state index contributed by atoms with van der Waals surface area (Å²) in [7, 11) is 1.02. The number of aryl methyl sites for hydroxylation is 1. The van der Waals surface area contributed by atoms with Gasteiger partial charge in [0.05, 0.1) is 12.8 Å². The van der Waals surface area contributed by atoms with Gasteiger partial charge in [0.2, 0.25) is 0 Å². The van der Waals surface area contributed by atoms with E-state index in [0.717, 1.165) is 48.5 Å². The summed E-state index contributed by atoms with van der Waals surface area (Å²) in [4.78, 5) is 100. The maximum absolute atomic E-state index is 13.5. The summed E-state index contributed by atoms with van der Waals surface area (Å²) in [5.41, 5.74) is -3.34. The van der Waals surface area contributed by atoms with Gasteiger partial charge in [0.15, 0.2) is 5.54 Å². The van der Waals surface area contributed by atoms with Crippen molar-refractivity contribution in [3.8, 4) is 0 Å². The first kappa shape index (κ1) is 46.0. The molecule has 0 unspecified atom stereocenters. The van der Waals surface area contributed by atoms with E-state index < -0.39 is 105 Å². The molecular weight excluding hydrogens is 728 g/mol. The van der Waals surface area contributed by atoms with E-state index in [1.807, 2.05) is 0 Å². The molecule has 0 spiro atoms. The molecule has 0 atom stereocenters. The largest absolute Gasteiger partial charge is 0.462 e. The van der Waals surface area contributed by atoms with Gasteiger partial charge in [-0.2, -0.15) is 0 Å². The van der Waals surface area contributed by atoms with Crippen molar-refractivity contribution in [3.05, 3.63) is 99.7 Å². The molecule has 0 aromatic heterocycles. The number of carbonyl (C=O) groups excluding carboxylic acids is 8. The fourth-order valence-electron chi connectivity index (χ4n) is 4.12. The Bertz CT molecular complexity index is 1560. The number of ether oxygens (including phenoxy) is 8. The van der Waals surface area contributed by atoms with Crippen molar-refractivity contribution in [1.29, 1.82) is 0 Å². The Balaban J connectivity index is 3.72.